The maximum atomic E-state index is 11.4. The number of hydrogen-bond donors (Lipinski definition) is 16. The van der Waals surface area contributed by atoms with Gasteiger partial charge in [-0.2, -0.15) is 0 Å². The summed E-state index contributed by atoms with van der Waals surface area (Å²) in [6.07, 6.45) is -39.4. The number of aliphatic hydroxyl groups excluding tert-OH is 16. The largest absolute Gasteiger partial charge is 0.470 e. The van der Waals surface area contributed by atoms with Crippen molar-refractivity contribution in [2.24, 2.45) is 5.92 Å². The molecular formula is C50H86O28. The minimum Gasteiger partial charge on any atom is -0.470 e. The summed E-state index contributed by atoms with van der Waals surface area (Å²) in [5, 5.41) is 170. The Labute approximate surface area is 451 Å². The standard InChI is InChI=1S/C50H86O28/c1-18(10-8-12-19(2)16-67-49-43(77-47-39(65)35(61)29(55)23(6)71-47)41(31(57)25(14-51)73-49)75-45-37(63)33(59)27(53)21(4)69-45)11-9-13-20(3)17-68-50-44(78-48-40(66)36(62)30(56)24(7)72-48)42(32(58)26(15-52)74-50)76-46-38(64)34(60)28(54)22(5)70-46/h10,16,20-66H,8-9,11-15,17H2,1-7H3/b18-10+,19-16+/t20-,21+,22+,23+,24-,25+,26-,27+,28+,29+,30-,31+,32-,33-,34-,35-,36+,37+,38+,39+,40-,41-,42+,43+,44-,45-,46-,47-,48+,49+,50-/m1/s1. The Morgan fingerprint density at radius 3 is 1.17 bits per heavy atom. The highest BCUT2D eigenvalue weighted by molar-refractivity contribution is 5.04. The third kappa shape index (κ3) is 15.5. The number of rotatable bonds is 22. The summed E-state index contributed by atoms with van der Waals surface area (Å²) in [7, 11) is 0. The minimum absolute atomic E-state index is 0.0390. The van der Waals surface area contributed by atoms with Crippen molar-refractivity contribution in [2.75, 3.05) is 19.8 Å². The van der Waals surface area contributed by atoms with E-state index in [1.807, 2.05) is 19.9 Å². The summed E-state index contributed by atoms with van der Waals surface area (Å²) in [5.41, 5.74) is 1.76. The molecule has 28 nitrogen and oxygen atoms in total. The van der Waals surface area contributed by atoms with Gasteiger partial charge in [-0.05, 0) is 85.1 Å². The lowest BCUT2D eigenvalue weighted by Crippen LogP contribution is -2.66. The Bertz CT molecular complexity index is 1870. The van der Waals surface area contributed by atoms with Crippen molar-refractivity contribution in [1.29, 1.82) is 0 Å². The predicted molar refractivity (Wildman–Crippen MR) is 259 cm³/mol. The number of allylic oxidation sites excluding steroid dienone is 3. The van der Waals surface area contributed by atoms with Crippen LogP contribution in [0.5, 0.6) is 0 Å². The molecule has 16 N–H and O–H groups in total. The molecule has 31 atom stereocenters. The highest BCUT2D eigenvalue weighted by Crippen LogP contribution is 2.37. The van der Waals surface area contributed by atoms with Gasteiger partial charge in [0.2, 0.25) is 6.29 Å². The van der Waals surface area contributed by atoms with Crippen LogP contribution < -0.4 is 0 Å². The summed E-state index contributed by atoms with van der Waals surface area (Å²) in [5.74, 6) is -0.125. The Kier molecular flexibility index (Phi) is 24.4. The van der Waals surface area contributed by atoms with Crippen LogP contribution >= 0.6 is 0 Å². The maximum absolute atomic E-state index is 11.4. The first-order chi connectivity index (χ1) is 36.8. The van der Waals surface area contributed by atoms with Gasteiger partial charge in [-0.25, -0.2) is 0 Å². The van der Waals surface area contributed by atoms with Crippen LogP contribution in [0, 0.1) is 5.92 Å². The molecule has 28 heteroatoms. The fourth-order valence-corrected chi connectivity index (χ4v) is 10.0. The molecule has 6 aliphatic rings. The van der Waals surface area contributed by atoms with Crippen LogP contribution in [0.4, 0.5) is 0 Å². The molecule has 0 aromatic rings. The molecule has 0 amide bonds. The van der Waals surface area contributed by atoms with E-state index in [2.05, 4.69) is 0 Å². The molecule has 0 unspecified atom stereocenters. The van der Waals surface area contributed by atoms with E-state index in [1.165, 1.54) is 34.0 Å². The SMILES string of the molecule is C/C(=C\O[C@H]1O[C@@H](CO)[C@H](O)[C@@H](O[C@H]2O[C@@H](C)[C@H](O)[C@@H](O)[C@@H]2O)[C@@H]1O[C@H]1O[C@@H](C)[C@H](O)[C@@H](O)[C@@H]1O)CC/C=C(\C)CCC[C@@H](C)CO[C@@H]1O[C@H](CO)[C@@H](O)[C@H](O[C@H]2O[C@@H](C)[C@H](O)[C@@H](O)[C@@H]2O)[C@H]1O[C@@H]1O[C@H](C)[C@@H](O)[C@H](O)[C@H]1O. The third-order valence-corrected chi connectivity index (χ3v) is 15.2. The summed E-state index contributed by atoms with van der Waals surface area (Å²) in [4.78, 5) is 0. The third-order valence-electron chi connectivity index (χ3n) is 15.2. The smallest absolute Gasteiger partial charge is 0.228 e. The van der Waals surface area contributed by atoms with Crippen LogP contribution in [-0.4, -0.2) is 286 Å². The van der Waals surface area contributed by atoms with Gasteiger partial charge >= 0.3 is 0 Å². The van der Waals surface area contributed by atoms with E-state index in [0.717, 1.165) is 5.57 Å². The van der Waals surface area contributed by atoms with Gasteiger partial charge in [0.1, 0.15) is 116 Å². The van der Waals surface area contributed by atoms with E-state index in [-0.39, 0.29) is 12.5 Å². The summed E-state index contributed by atoms with van der Waals surface area (Å²) in [6, 6.07) is 0. The Morgan fingerprint density at radius 1 is 0.423 bits per heavy atom. The molecule has 0 bridgehead atoms. The van der Waals surface area contributed by atoms with Crippen LogP contribution in [0.25, 0.3) is 0 Å². The van der Waals surface area contributed by atoms with Crippen molar-refractivity contribution in [1.82, 2.24) is 0 Å². The molecule has 6 heterocycles. The van der Waals surface area contributed by atoms with Crippen LogP contribution in [-0.2, 0) is 56.8 Å². The summed E-state index contributed by atoms with van der Waals surface area (Å²) < 4.78 is 70.9. The van der Waals surface area contributed by atoms with Gasteiger partial charge in [-0.3, -0.25) is 0 Å². The average molecular weight is 1140 g/mol. The van der Waals surface area contributed by atoms with E-state index >= 15 is 0 Å². The Balaban J connectivity index is 1.06. The lowest BCUT2D eigenvalue weighted by molar-refractivity contribution is -0.390. The van der Waals surface area contributed by atoms with Crippen molar-refractivity contribution in [3.8, 4) is 0 Å². The normalized spacial score (nSPS) is 48.4. The molecule has 78 heavy (non-hydrogen) atoms. The van der Waals surface area contributed by atoms with E-state index in [4.69, 9.17) is 56.8 Å². The van der Waals surface area contributed by atoms with E-state index in [0.29, 0.717) is 37.7 Å². The number of aliphatic hydroxyl groups is 16. The van der Waals surface area contributed by atoms with Crippen LogP contribution in [0.3, 0.4) is 0 Å². The van der Waals surface area contributed by atoms with E-state index < -0.39 is 197 Å². The molecule has 0 radical (unpaired) electrons. The second kappa shape index (κ2) is 29.1. The van der Waals surface area contributed by atoms with Crippen LogP contribution in [0.2, 0.25) is 0 Å². The predicted octanol–water partition coefficient (Wildman–Crippen LogP) is -5.54. The topological polar surface area (TPSA) is 434 Å². The van der Waals surface area contributed by atoms with Gasteiger partial charge in [0.05, 0.1) is 50.5 Å². The van der Waals surface area contributed by atoms with Gasteiger partial charge in [-0.1, -0.05) is 18.6 Å². The molecule has 0 aromatic heterocycles. The minimum atomic E-state index is -1.81. The molecule has 454 valence electrons. The van der Waals surface area contributed by atoms with Crippen molar-refractivity contribution in [2.45, 2.75) is 265 Å². The van der Waals surface area contributed by atoms with Gasteiger partial charge in [0, 0.05) is 0 Å². The highest BCUT2D eigenvalue weighted by Gasteiger charge is 2.56. The molecule has 6 rings (SSSR count). The first-order valence-electron chi connectivity index (χ1n) is 26.7. The fourth-order valence-electron chi connectivity index (χ4n) is 10.0. The molecular weight excluding hydrogens is 1050 g/mol. The molecule has 0 spiro atoms. The second-order valence-electron chi connectivity index (χ2n) is 21.6. The Morgan fingerprint density at radius 2 is 0.782 bits per heavy atom. The molecule has 0 saturated carbocycles. The monoisotopic (exact) mass is 1130 g/mol. The zero-order valence-corrected chi connectivity index (χ0v) is 44.8. The zero-order chi connectivity index (χ0) is 57.6. The average Bonchev–Trinajstić information content (AvgIpc) is 3.46. The molecule has 6 saturated heterocycles. The summed E-state index contributed by atoms with van der Waals surface area (Å²) in [6.45, 7) is 9.93. The van der Waals surface area contributed by atoms with Gasteiger partial charge in [0.25, 0.3) is 0 Å². The van der Waals surface area contributed by atoms with E-state index in [1.54, 1.807) is 6.92 Å². The van der Waals surface area contributed by atoms with Crippen molar-refractivity contribution in [3.05, 3.63) is 23.5 Å². The molecule has 6 fully saturated rings. The maximum Gasteiger partial charge on any atom is 0.228 e. The molecule has 6 aliphatic heterocycles. The van der Waals surface area contributed by atoms with Crippen LogP contribution in [0.15, 0.2) is 23.5 Å². The van der Waals surface area contributed by atoms with Crippen LogP contribution in [0.1, 0.15) is 80.6 Å². The van der Waals surface area contributed by atoms with E-state index in [9.17, 15) is 81.7 Å². The van der Waals surface area contributed by atoms with Crippen molar-refractivity contribution in [3.63, 3.8) is 0 Å². The quantitative estimate of drug-likeness (QED) is 0.0355. The number of hydrogen-bond acceptors (Lipinski definition) is 28. The first kappa shape index (κ1) is 65.4. The Hall–Kier alpha value is -1.80. The summed E-state index contributed by atoms with van der Waals surface area (Å²) >= 11 is 0. The van der Waals surface area contributed by atoms with Crippen molar-refractivity contribution < 1.29 is 139 Å². The van der Waals surface area contributed by atoms with Gasteiger partial charge in [0.15, 0.2) is 37.6 Å². The molecule has 0 aliphatic carbocycles. The first-order valence-corrected chi connectivity index (χ1v) is 26.7. The highest BCUT2D eigenvalue weighted by atomic mass is 16.8. The van der Waals surface area contributed by atoms with Gasteiger partial charge < -0.3 is 139 Å². The second-order valence-corrected chi connectivity index (χ2v) is 21.6. The fraction of sp³-hybridized carbons (Fsp3) is 0.920. The molecule has 0 aromatic carbocycles. The zero-order valence-electron chi connectivity index (χ0n) is 44.8. The van der Waals surface area contributed by atoms with Crippen molar-refractivity contribution >= 4 is 0 Å². The number of ether oxygens (including phenoxy) is 12. The van der Waals surface area contributed by atoms with Gasteiger partial charge in [-0.15, -0.1) is 0 Å². The lowest BCUT2D eigenvalue weighted by Gasteiger charge is -2.48. The lowest BCUT2D eigenvalue weighted by atomic mass is 9.96.